The molecule has 0 aromatic carbocycles. The topological polar surface area (TPSA) is 44.7 Å². The number of halogens is 2. The van der Waals surface area contributed by atoms with Crippen LogP contribution < -0.4 is 5.32 Å². The number of hydrogen-bond donors (Lipinski definition) is 1. The van der Waals surface area contributed by atoms with Gasteiger partial charge in [-0.15, -0.1) is 0 Å². The summed E-state index contributed by atoms with van der Waals surface area (Å²) in [5, 5.41) is 9.96. The Morgan fingerprint density at radius 2 is 2.31 bits per heavy atom. The number of carbonyl (C=O) groups is 1. The van der Waals surface area contributed by atoms with Crippen molar-refractivity contribution in [1.29, 1.82) is 0 Å². The monoisotopic (exact) mass is 401 g/mol. The average molecular weight is 402 g/mol. The van der Waals surface area contributed by atoms with Crippen LogP contribution >= 0.6 is 38.5 Å². The van der Waals surface area contributed by atoms with E-state index in [2.05, 4.69) is 48.9 Å². The third kappa shape index (κ3) is 4.57. The molecule has 92 valence electrons. The maximum absolute atomic E-state index is 11.6. The molecule has 2 unspecified atom stereocenters. The van der Waals surface area contributed by atoms with Crippen molar-refractivity contribution in [2.75, 3.05) is 12.4 Å². The van der Waals surface area contributed by atoms with Crippen LogP contribution in [-0.4, -0.2) is 39.6 Å². The predicted molar refractivity (Wildman–Crippen MR) is 78.3 cm³/mol. The van der Waals surface area contributed by atoms with Gasteiger partial charge < -0.3 is 5.32 Å². The van der Waals surface area contributed by atoms with Gasteiger partial charge in [-0.25, -0.2) is 0 Å². The van der Waals surface area contributed by atoms with Crippen LogP contribution in [-0.2, 0) is 4.79 Å². The summed E-state index contributed by atoms with van der Waals surface area (Å²) in [6.07, 6.45) is 5.68. The second-order valence-corrected chi connectivity index (χ2v) is 6.03. The van der Waals surface area contributed by atoms with Crippen molar-refractivity contribution in [3.8, 4) is 0 Å². The summed E-state index contributed by atoms with van der Waals surface area (Å²) in [6.45, 7) is 0. The van der Waals surface area contributed by atoms with Crippen LogP contribution in [0.2, 0.25) is 0 Å². The van der Waals surface area contributed by atoms with E-state index in [0.29, 0.717) is 6.42 Å². The maximum Gasteiger partial charge on any atom is 0.221 e. The van der Waals surface area contributed by atoms with E-state index in [9.17, 15) is 4.79 Å². The number of hydrogen-bond acceptors (Lipinski definition) is 3. The molecule has 1 N–H and O–H groups in total. The summed E-state index contributed by atoms with van der Waals surface area (Å²) >= 11 is 5.66. The zero-order valence-corrected chi connectivity index (χ0v) is 13.1. The van der Waals surface area contributed by atoms with Gasteiger partial charge in [-0.2, -0.15) is 5.10 Å². The molecule has 4 nitrogen and oxygen atoms in total. The van der Waals surface area contributed by atoms with Crippen molar-refractivity contribution in [2.45, 2.75) is 35.8 Å². The highest BCUT2D eigenvalue weighted by molar-refractivity contribution is 14.1. The number of nitrogens with one attached hydrogen (secondary N) is 1. The minimum absolute atomic E-state index is 0.0178. The van der Waals surface area contributed by atoms with Crippen molar-refractivity contribution in [3.63, 3.8) is 0 Å². The zero-order chi connectivity index (χ0) is 12.0. The largest absolute Gasteiger partial charge is 0.333 e. The quantitative estimate of drug-likeness (QED) is 0.421. The normalized spacial score (nSPS) is 23.8. The van der Waals surface area contributed by atoms with Gasteiger partial charge in [0.1, 0.15) is 6.17 Å². The fourth-order valence-corrected chi connectivity index (χ4v) is 2.68. The zero-order valence-electron chi connectivity index (χ0n) is 9.33. The molecule has 0 aromatic rings. The lowest BCUT2D eigenvalue weighted by Crippen LogP contribution is -2.46. The van der Waals surface area contributed by atoms with Gasteiger partial charge in [0.2, 0.25) is 5.91 Å². The van der Waals surface area contributed by atoms with Crippen LogP contribution in [0.15, 0.2) is 5.10 Å². The van der Waals surface area contributed by atoms with Gasteiger partial charge in [0.05, 0.1) is 3.92 Å². The molecule has 1 aliphatic heterocycles. The molecule has 0 bridgehead atoms. The van der Waals surface area contributed by atoms with E-state index in [1.165, 1.54) is 0 Å². The van der Waals surface area contributed by atoms with Crippen molar-refractivity contribution < 1.29 is 4.79 Å². The van der Waals surface area contributed by atoms with Gasteiger partial charge in [0, 0.05) is 25.0 Å². The van der Waals surface area contributed by atoms with E-state index in [1.807, 2.05) is 13.3 Å². The minimum Gasteiger partial charge on any atom is -0.333 e. The lowest BCUT2D eigenvalue weighted by atomic mass is 10.2. The number of amides is 1. The Hall–Kier alpha value is 0.150. The van der Waals surface area contributed by atoms with Gasteiger partial charge in [-0.3, -0.25) is 9.80 Å². The molecule has 0 saturated heterocycles. The molecule has 0 spiro atoms. The van der Waals surface area contributed by atoms with Crippen LogP contribution in [0.25, 0.3) is 0 Å². The molecule has 1 amide bonds. The number of unbranched alkanes of at least 4 members (excludes halogenated alkanes) is 2. The van der Waals surface area contributed by atoms with Crippen LogP contribution in [0, 0.1) is 0 Å². The van der Waals surface area contributed by atoms with Crippen LogP contribution in [0.5, 0.6) is 0 Å². The Balaban J connectivity index is 2.19. The van der Waals surface area contributed by atoms with Gasteiger partial charge in [0.25, 0.3) is 0 Å². The predicted octanol–water partition coefficient (Wildman–Crippen LogP) is 2.12. The summed E-state index contributed by atoms with van der Waals surface area (Å²) < 4.78 is 0.258. The molecule has 1 rings (SSSR count). The first kappa shape index (κ1) is 14.2. The summed E-state index contributed by atoms with van der Waals surface area (Å²) in [4.78, 5) is 11.6. The molecule has 16 heavy (non-hydrogen) atoms. The average Bonchev–Trinajstić information content (AvgIpc) is 2.56. The molecule has 2 atom stereocenters. The third-order valence-corrected chi connectivity index (χ3v) is 4.01. The van der Waals surface area contributed by atoms with Crippen molar-refractivity contribution in [3.05, 3.63) is 0 Å². The molecular formula is C10H17BrIN3O. The van der Waals surface area contributed by atoms with Gasteiger partial charge in [-0.1, -0.05) is 44.9 Å². The lowest BCUT2D eigenvalue weighted by molar-refractivity contribution is -0.122. The van der Waals surface area contributed by atoms with E-state index in [1.54, 1.807) is 5.01 Å². The minimum atomic E-state index is 0.0178. The summed E-state index contributed by atoms with van der Waals surface area (Å²) in [5.41, 5.74) is 0. The van der Waals surface area contributed by atoms with E-state index < -0.39 is 0 Å². The number of rotatable bonds is 6. The summed E-state index contributed by atoms with van der Waals surface area (Å²) in [7, 11) is 1.88. The van der Waals surface area contributed by atoms with Gasteiger partial charge in [-0.05, 0) is 12.8 Å². The highest BCUT2D eigenvalue weighted by Crippen LogP contribution is 2.14. The lowest BCUT2D eigenvalue weighted by Gasteiger charge is -2.22. The van der Waals surface area contributed by atoms with E-state index >= 15 is 0 Å². The SMILES string of the molecule is CN1N=CC(I)C1NC(=O)CCCCCBr. The Kier molecular flexibility index (Phi) is 6.64. The van der Waals surface area contributed by atoms with Crippen molar-refractivity contribution >= 4 is 50.6 Å². The first-order valence-electron chi connectivity index (χ1n) is 5.41. The second kappa shape index (κ2) is 7.47. The molecule has 0 radical (unpaired) electrons. The van der Waals surface area contributed by atoms with Crippen LogP contribution in [0.3, 0.4) is 0 Å². The first-order chi connectivity index (χ1) is 7.65. The fourth-order valence-electron chi connectivity index (χ4n) is 1.50. The first-order valence-corrected chi connectivity index (χ1v) is 7.78. The molecule has 1 heterocycles. The smallest absolute Gasteiger partial charge is 0.221 e. The molecule has 1 aliphatic rings. The third-order valence-electron chi connectivity index (χ3n) is 2.44. The number of hydrazone groups is 1. The number of alkyl halides is 2. The second-order valence-electron chi connectivity index (χ2n) is 3.79. The van der Waals surface area contributed by atoms with Crippen LogP contribution in [0.4, 0.5) is 0 Å². The Bertz CT molecular complexity index is 250. The fraction of sp³-hybridized carbons (Fsp3) is 0.800. The van der Waals surface area contributed by atoms with Gasteiger partial charge >= 0.3 is 0 Å². The molecule has 6 heteroatoms. The highest BCUT2D eigenvalue weighted by Gasteiger charge is 2.27. The van der Waals surface area contributed by atoms with Crippen LogP contribution in [0.1, 0.15) is 25.7 Å². The van der Waals surface area contributed by atoms with E-state index in [4.69, 9.17) is 0 Å². The maximum atomic E-state index is 11.6. The Labute approximate surface area is 118 Å². The Morgan fingerprint density at radius 3 is 2.88 bits per heavy atom. The summed E-state index contributed by atoms with van der Waals surface area (Å²) in [6, 6.07) is 0. The molecule has 0 aromatic heterocycles. The molecule has 0 fully saturated rings. The molecule has 0 aliphatic carbocycles. The summed E-state index contributed by atoms with van der Waals surface area (Å²) in [5.74, 6) is 0.124. The molecular weight excluding hydrogens is 385 g/mol. The highest BCUT2D eigenvalue weighted by atomic mass is 127. The van der Waals surface area contributed by atoms with Crippen molar-refractivity contribution in [2.24, 2.45) is 5.10 Å². The standard InChI is InChI=1S/C10H17BrIN3O/c1-15-10(8(12)7-13-15)14-9(16)5-3-2-4-6-11/h7-8,10H,2-6H2,1H3,(H,14,16). The Morgan fingerprint density at radius 1 is 1.56 bits per heavy atom. The van der Waals surface area contributed by atoms with E-state index in [-0.39, 0.29) is 16.0 Å². The van der Waals surface area contributed by atoms with E-state index in [0.717, 1.165) is 24.6 Å². The number of nitrogens with zero attached hydrogens (tertiary/aromatic N) is 2. The number of carbonyl (C=O) groups excluding carboxylic acids is 1. The van der Waals surface area contributed by atoms with Gasteiger partial charge in [0.15, 0.2) is 0 Å². The molecule has 0 saturated carbocycles. The van der Waals surface area contributed by atoms with Crippen molar-refractivity contribution in [1.82, 2.24) is 10.3 Å².